The Balaban J connectivity index is 1.84. The fourth-order valence-corrected chi connectivity index (χ4v) is 2.37. The van der Waals surface area contributed by atoms with Crippen LogP contribution in [0.1, 0.15) is 24.8 Å². The highest BCUT2D eigenvalue weighted by Gasteiger charge is 2.28. The molecule has 0 bridgehead atoms. The number of hydrogen-bond acceptors (Lipinski definition) is 3. The van der Waals surface area contributed by atoms with E-state index in [1.54, 1.807) is 12.4 Å². The van der Waals surface area contributed by atoms with Gasteiger partial charge in [0.15, 0.2) is 0 Å². The SMILES string of the molecule is NC(=O)[C@@H]1CC=CC[C@H]1NC(=O)CCc1ccncc1. The molecule has 0 aromatic carbocycles. The van der Waals surface area contributed by atoms with E-state index in [4.69, 9.17) is 5.73 Å². The molecule has 0 aliphatic heterocycles. The molecule has 2 amide bonds. The van der Waals surface area contributed by atoms with Crippen LogP contribution in [0.2, 0.25) is 0 Å². The van der Waals surface area contributed by atoms with Gasteiger partial charge in [0, 0.05) is 24.9 Å². The lowest BCUT2D eigenvalue weighted by molar-refractivity contribution is -0.125. The van der Waals surface area contributed by atoms with E-state index in [0.717, 1.165) is 5.56 Å². The molecule has 0 spiro atoms. The maximum Gasteiger partial charge on any atom is 0.222 e. The summed E-state index contributed by atoms with van der Waals surface area (Å²) in [5.41, 5.74) is 6.44. The van der Waals surface area contributed by atoms with Gasteiger partial charge < -0.3 is 11.1 Å². The van der Waals surface area contributed by atoms with Crippen LogP contribution in [0.4, 0.5) is 0 Å². The molecule has 1 aliphatic carbocycles. The topological polar surface area (TPSA) is 85.1 Å². The number of amides is 2. The van der Waals surface area contributed by atoms with Crippen molar-refractivity contribution in [3.63, 3.8) is 0 Å². The Hall–Kier alpha value is -2.17. The van der Waals surface area contributed by atoms with Gasteiger partial charge in [0.2, 0.25) is 11.8 Å². The second-order valence-electron chi connectivity index (χ2n) is 4.98. The predicted octanol–water partition coefficient (Wildman–Crippen LogP) is 0.950. The number of carbonyl (C=O) groups excluding carboxylic acids is 2. The highest BCUT2D eigenvalue weighted by molar-refractivity contribution is 5.81. The summed E-state index contributed by atoms with van der Waals surface area (Å²) in [6.45, 7) is 0. The standard InChI is InChI=1S/C15H19N3O2/c16-15(20)12-3-1-2-4-13(12)18-14(19)6-5-11-7-9-17-10-8-11/h1-2,7-10,12-13H,3-6H2,(H2,16,20)(H,18,19)/t12-,13-/m1/s1. The number of rotatable bonds is 5. The summed E-state index contributed by atoms with van der Waals surface area (Å²) in [4.78, 5) is 27.2. The summed E-state index contributed by atoms with van der Waals surface area (Å²) in [5.74, 6) is -0.702. The number of nitrogens with zero attached hydrogens (tertiary/aromatic N) is 1. The number of hydrogen-bond donors (Lipinski definition) is 2. The van der Waals surface area contributed by atoms with Gasteiger partial charge in [-0.25, -0.2) is 0 Å². The fraction of sp³-hybridized carbons (Fsp3) is 0.400. The van der Waals surface area contributed by atoms with E-state index < -0.39 is 0 Å². The van der Waals surface area contributed by atoms with Crippen molar-refractivity contribution in [1.29, 1.82) is 0 Å². The summed E-state index contributed by atoms with van der Waals surface area (Å²) in [7, 11) is 0. The maximum atomic E-state index is 11.9. The van der Waals surface area contributed by atoms with Crippen LogP contribution in [0.5, 0.6) is 0 Å². The van der Waals surface area contributed by atoms with Crippen LogP contribution in [0.15, 0.2) is 36.7 Å². The average Bonchev–Trinajstić information content (AvgIpc) is 2.46. The first-order valence-electron chi connectivity index (χ1n) is 6.79. The monoisotopic (exact) mass is 273 g/mol. The number of allylic oxidation sites excluding steroid dienone is 1. The number of nitrogens with one attached hydrogen (secondary N) is 1. The van der Waals surface area contributed by atoms with Gasteiger partial charge in [-0.3, -0.25) is 14.6 Å². The van der Waals surface area contributed by atoms with Crippen molar-refractivity contribution in [2.24, 2.45) is 11.7 Å². The Kier molecular flexibility index (Phi) is 4.87. The van der Waals surface area contributed by atoms with Gasteiger partial charge >= 0.3 is 0 Å². The second-order valence-corrected chi connectivity index (χ2v) is 4.98. The molecule has 1 aromatic heterocycles. The molecule has 1 aromatic rings. The van der Waals surface area contributed by atoms with Crippen molar-refractivity contribution >= 4 is 11.8 Å². The van der Waals surface area contributed by atoms with Gasteiger partial charge in [0.1, 0.15) is 0 Å². The van der Waals surface area contributed by atoms with E-state index in [1.807, 2.05) is 24.3 Å². The van der Waals surface area contributed by atoms with Gasteiger partial charge in [0.25, 0.3) is 0 Å². The van der Waals surface area contributed by atoms with Gasteiger partial charge in [-0.15, -0.1) is 0 Å². The number of nitrogens with two attached hydrogens (primary N) is 1. The average molecular weight is 273 g/mol. The molecule has 0 unspecified atom stereocenters. The fourth-order valence-electron chi connectivity index (χ4n) is 2.37. The zero-order valence-corrected chi connectivity index (χ0v) is 11.3. The van der Waals surface area contributed by atoms with Crippen molar-refractivity contribution < 1.29 is 9.59 Å². The lowest BCUT2D eigenvalue weighted by Gasteiger charge is -2.26. The molecule has 1 aliphatic rings. The molecule has 0 saturated carbocycles. The van der Waals surface area contributed by atoms with Crippen LogP contribution in [0, 0.1) is 5.92 Å². The van der Waals surface area contributed by atoms with Crippen LogP contribution >= 0.6 is 0 Å². The normalized spacial score (nSPS) is 21.4. The molecule has 3 N–H and O–H groups in total. The summed E-state index contributed by atoms with van der Waals surface area (Å²) < 4.78 is 0. The summed E-state index contributed by atoms with van der Waals surface area (Å²) >= 11 is 0. The van der Waals surface area contributed by atoms with Crippen molar-refractivity contribution in [2.75, 3.05) is 0 Å². The summed E-state index contributed by atoms with van der Waals surface area (Å²) in [6, 6.07) is 3.61. The molecule has 5 nitrogen and oxygen atoms in total. The van der Waals surface area contributed by atoms with Crippen molar-refractivity contribution in [3.8, 4) is 0 Å². The van der Waals surface area contributed by atoms with Gasteiger partial charge in [-0.2, -0.15) is 0 Å². The number of aromatic nitrogens is 1. The molecule has 0 radical (unpaired) electrons. The van der Waals surface area contributed by atoms with E-state index in [1.165, 1.54) is 0 Å². The van der Waals surface area contributed by atoms with Crippen LogP contribution in [-0.2, 0) is 16.0 Å². The molecule has 0 fully saturated rings. The Labute approximate surface area is 118 Å². The summed E-state index contributed by atoms with van der Waals surface area (Å²) in [6.07, 6.45) is 9.67. The lowest BCUT2D eigenvalue weighted by atomic mass is 9.88. The first kappa shape index (κ1) is 14.2. The van der Waals surface area contributed by atoms with Gasteiger partial charge in [0.05, 0.1) is 5.92 Å². The van der Waals surface area contributed by atoms with E-state index in [0.29, 0.717) is 25.7 Å². The quantitative estimate of drug-likeness (QED) is 0.783. The minimum absolute atomic E-state index is 0.0478. The highest BCUT2D eigenvalue weighted by Crippen LogP contribution is 2.19. The number of aryl methyl sites for hydroxylation is 1. The number of pyridine rings is 1. The van der Waals surface area contributed by atoms with E-state index in [9.17, 15) is 9.59 Å². The molecule has 2 atom stereocenters. The molecular weight excluding hydrogens is 254 g/mol. The molecule has 2 rings (SSSR count). The maximum absolute atomic E-state index is 11.9. The Morgan fingerprint density at radius 3 is 2.65 bits per heavy atom. The molecule has 20 heavy (non-hydrogen) atoms. The van der Waals surface area contributed by atoms with Crippen molar-refractivity contribution in [1.82, 2.24) is 10.3 Å². The largest absolute Gasteiger partial charge is 0.369 e. The minimum atomic E-state index is -0.353. The molecular formula is C15H19N3O2. The van der Waals surface area contributed by atoms with E-state index in [2.05, 4.69) is 10.3 Å². The zero-order valence-electron chi connectivity index (χ0n) is 11.3. The lowest BCUT2D eigenvalue weighted by Crippen LogP contribution is -2.46. The van der Waals surface area contributed by atoms with Crippen molar-refractivity contribution in [2.45, 2.75) is 31.7 Å². The Morgan fingerprint density at radius 1 is 1.25 bits per heavy atom. The van der Waals surface area contributed by atoms with E-state index >= 15 is 0 Å². The molecule has 5 heteroatoms. The zero-order chi connectivity index (χ0) is 14.4. The first-order valence-corrected chi connectivity index (χ1v) is 6.79. The van der Waals surface area contributed by atoms with Crippen LogP contribution in [-0.4, -0.2) is 22.8 Å². The van der Waals surface area contributed by atoms with Gasteiger partial charge in [-0.1, -0.05) is 12.2 Å². The summed E-state index contributed by atoms with van der Waals surface area (Å²) in [5, 5.41) is 2.91. The van der Waals surface area contributed by atoms with E-state index in [-0.39, 0.29) is 23.8 Å². The minimum Gasteiger partial charge on any atom is -0.369 e. The number of carbonyl (C=O) groups is 2. The third kappa shape index (κ3) is 3.91. The smallest absolute Gasteiger partial charge is 0.222 e. The number of primary amides is 1. The second kappa shape index (κ2) is 6.84. The molecule has 0 saturated heterocycles. The Bertz CT molecular complexity index is 499. The predicted molar refractivity (Wildman–Crippen MR) is 75.5 cm³/mol. The van der Waals surface area contributed by atoms with Crippen molar-refractivity contribution in [3.05, 3.63) is 42.2 Å². The Morgan fingerprint density at radius 2 is 1.95 bits per heavy atom. The highest BCUT2D eigenvalue weighted by atomic mass is 16.2. The van der Waals surface area contributed by atoms with Crippen LogP contribution < -0.4 is 11.1 Å². The third-order valence-corrected chi connectivity index (χ3v) is 3.53. The van der Waals surface area contributed by atoms with Gasteiger partial charge in [-0.05, 0) is 37.0 Å². The van der Waals surface area contributed by atoms with Crippen LogP contribution in [0.25, 0.3) is 0 Å². The molecule has 1 heterocycles. The molecule has 106 valence electrons. The third-order valence-electron chi connectivity index (χ3n) is 3.53. The van der Waals surface area contributed by atoms with Crippen LogP contribution in [0.3, 0.4) is 0 Å². The first-order chi connectivity index (χ1) is 9.66.